The average Bonchev–Trinajstić information content (AvgIpc) is 2.69. The quantitative estimate of drug-likeness (QED) is 0.543. The molecule has 3 aromatic rings. The van der Waals surface area contributed by atoms with Crippen molar-refractivity contribution >= 4 is 22.3 Å². The van der Waals surface area contributed by atoms with Crippen LogP contribution in [0.2, 0.25) is 0 Å². The maximum Gasteiger partial charge on any atom is 0.244 e. The van der Waals surface area contributed by atoms with E-state index in [-0.39, 0.29) is 0 Å². The molecule has 6 heteroatoms. The minimum atomic E-state index is 0.415. The van der Waals surface area contributed by atoms with E-state index in [0.717, 1.165) is 22.3 Å². The van der Waals surface area contributed by atoms with Crippen LogP contribution in [-0.4, -0.2) is 25.3 Å². The third-order valence-corrected chi connectivity index (χ3v) is 2.28. The van der Waals surface area contributed by atoms with Gasteiger partial charge in [-0.15, -0.1) is 0 Å². The number of rotatable bonds is 0. The predicted molar refractivity (Wildman–Crippen MR) is 52.2 cm³/mol. The average molecular weight is 201 g/mol. The van der Waals surface area contributed by atoms with Crippen molar-refractivity contribution < 1.29 is 4.63 Å². The molecule has 6 nitrogen and oxygen atoms in total. The van der Waals surface area contributed by atoms with E-state index in [0.29, 0.717) is 11.3 Å². The van der Waals surface area contributed by atoms with E-state index in [4.69, 9.17) is 0 Å². The molecule has 0 saturated carbocycles. The molecule has 15 heavy (non-hydrogen) atoms. The van der Waals surface area contributed by atoms with Gasteiger partial charge in [0.1, 0.15) is 5.52 Å². The van der Waals surface area contributed by atoms with Crippen LogP contribution in [0.25, 0.3) is 22.3 Å². The van der Waals surface area contributed by atoms with Crippen molar-refractivity contribution in [2.45, 2.75) is 13.8 Å². The summed E-state index contributed by atoms with van der Waals surface area (Å²) < 4.78 is 4.57. The molecule has 0 aliphatic carbocycles. The van der Waals surface area contributed by atoms with E-state index in [9.17, 15) is 0 Å². The van der Waals surface area contributed by atoms with Gasteiger partial charge in [0.25, 0.3) is 0 Å². The Morgan fingerprint density at radius 3 is 2.40 bits per heavy atom. The molecule has 0 aliphatic heterocycles. The molecule has 3 rings (SSSR count). The van der Waals surface area contributed by atoms with E-state index in [2.05, 4.69) is 29.9 Å². The molecule has 0 spiro atoms. The second-order valence-corrected chi connectivity index (χ2v) is 3.36. The number of hydrogen-bond acceptors (Lipinski definition) is 6. The molecule has 74 valence electrons. The summed E-state index contributed by atoms with van der Waals surface area (Å²) in [6, 6.07) is 0. The first kappa shape index (κ1) is 8.22. The van der Waals surface area contributed by atoms with Crippen LogP contribution in [0, 0.1) is 13.8 Å². The van der Waals surface area contributed by atoms with Crippen molar-refractivity contribution in [3.8, 4) is 0 Å². The highest BCUT2D eigenvalue weighted by Crippen LogP contribution is 2.18. The lowest BCUT2D eigenvalue weighted by Crippen LogP contribution is -1.94. The molecule has 3 heterocycles. The fraction of sp³-hybridized carbons (Fsp3) is 0.222. The summed E-state index contributed by atoms with van der Waals surface area (Å²) in [5.41, 5.74) is 4.18. The van der Waals surface area contributed by atoms with Crippen molar-refractivity contribution in [3.05, 3.63) is 17.5 Å². The van der Waals surface area contributed by atoms with Crippen molar-refractivity contribution in [1.29, 1.82) is 0 Å². The topological polar surface area (TPSA) is 77.6 Å². The number of pyridine rings is 1. The van der Waals surface area contributed by atoms with E-state index >= 15 is 0 Å². The molecule has 0 amide bonds. The maximum absolute atomic E-state index is 4.57. The van der Waals surface area contributed by atoms with Crippen LogP contribution in [0.3, 0.4) is 0 Å². The van der Waals surface area contributed by atoms with Gasteiger partial charge < -0.3 is 0 Å². The Morgan fingerprint density at radius 1 is 1.00 bits per heavy atom. The van der Waals surface area contributed by atoms with Gasteiger partial charge in [-0.1, -0.05) is 0 Å². The van der Waals surface area contributed by atoms with Crippen molar-refractivity contribution in [1.82, 2.24) is 25.3 Å². The van der Waals surface area contributed by atoms with Crippen molar-refractivity contribution in [2.75, 3.05) is 0 Å². The minimum Gasteiger partial charge on any atom is -0.259 e. The van der Waals surface area contributed by atoms with E-state index in [1.54, 1.807) is 6.20 Å². The van der Waals surface area contributed by atoms with Crippen LogP contribution >= 0.6 is 0 Å². The summed E-state index contributed by atoms with van der Waals surface area (Å²) >= 11 is 0. The van der Waals surface area contributed by atoms with E-state index in [1.807, 2.05) is 13.8 Å². The molecular weight excluding hydrogens is 194 g/mol. The molecule has 0 aromatic carbocycles. The maximum atomic E-state index is 4.57. The third-order valence-electron chi connectivity index (χ3n) is 2.28. The first-order valence-electron chi connectivity index (χ1n) is 4.48. The Kier molecular flexibility index (Phi) is 1.47. The third kappa shape index (κ3) is 1.08. The molecule has 0 radical (unpaired) electrons. The summed E-state index contributed by atoms with van der Waals surface area (Å²) in [5.74, 6) is 0. The summed E-state index contributed by atoms with van der Waals surface area (Å²) in [6.45, 7) is 3.82. The van der Waals surface area contributed by atoms with Crippen LogP contribution in [0.15, 0.2) is 10.8 Å². The molecule has 0 aliphatic rings. The van der Waals surface area contributed by atoms with Crippen LogP contribution < -0.4 is 0 Å². The zero-order valence-corrected chi connectivity index (χ0v) is 8.22. The lowest BCUT2D eigenvalue weighted by Gasteiger charge is -2.01. The van der Waals surface area contributed by atoms with E-state index < -0.39 is 0 Å². The van der Waals surface area contributed by atoms with Gasteiger partial charge in [0.2, 0.25) is 11.3 Å². The first-order valence-corrected chi connectivity index (χ1v) is 4.48. The van der Waals surface area contributed by atoms with Gasteiger partial charge in [0.15, 0.2) is 0 Å². The van der Waals surface area contributed by atoms with Crippen LogP contribution in [0.4, 0.5) is 0 Å². The number of fused-ring (bicyclic) bond motifs is 2. The van der Waals surface area contributed by atoms with Gasteiger partial charge in [-0.25, -0.2) is 14.6 Å². The number of nitrogens with zero attached hydrogens (tertiary/aromatic N) is 5. The molecule has 0 bridgehead atoms. The monoisotopic (exact) mass is 201 g/mol. The Balaban J connectivity index is 2.58. The Bertz CT molecular complexity index is 604. The first-order chi connectivity index (χ1) is 7.25. The van der Waals surface area contributed by atoms with Crippen LogP contribution in [-0.2, 0) is 0 Å². The second-order valence-electron chi connectivity index (χ2n) is 3.36. The van der Waals surface area contributed by atoms with Gasteiger partial charge in [0.05, 0.1) is 11.2 Å². The standard InChI is InChI=1S/C9H7N5O/c1-4-3-10-5(2)7-6(4)11-8-9(12-7)14-15-13-8/h3H,1-2H3. The van der Waals surface area contributed by atoms with Crippen LogP contribution in [0.5, 0.6) is 0 Å². The molecule has 0 N–H and O–H groups in total. The Morgan fingerprint density at radius 2 is 1.67 bits per heavy atom. The van der Waals surface area contributed by atoms with Crippen molar-refractivity contribution in [3.63, 3.8) is 0 Å². The molecule has 0 fully saturated rings. The summed E-state index contributed by atoms with van der Waals surface area (Å²) in [7, 11) is 0. The Labute approximate surface area is 84.3 Å². The number of aromatic nitrogens is 5. The zero-order valence-electron chi connectivity index (χ0n) is 8.22. The molecule has 0 atom stereocenters. The highest BCUT2D eigenvalue weighted by molar-refractivity contribution is 5.85. The van der Waals surface area contributed by atoms with Crippen LogP contribution in [0.1, 0.15) is 11.3 Å². The fourth-order valence-electron chi connectivity index (χ4n) is 1.48. The van der Waals surface area contributed by atoms with Gasteiger partial charge in [-0.3, -0.25) is 4.98 Å². The molecule has 3 aromatic heterocycles. The molecule has 0 unspecified atom stereocenters. The largest absolute Gasteiger partial charge is 0.259 e. The lowest BCUT2D eigenvalue weighted by molar-refractivity contribution is 0.314. The molecule has 0 saturated heterocycles. The normalized spacial score (nSPS) is 11.3. The number of hydrogen-bond donors (Lipinski definition) is 0. The zero-order chi connectivity index (χ0) is 10.4. The van der Waals surface area contributed by atoms with E-state index in [1.165, 1.54) is 0 Å². The lowest BCUT2D eigenvalue weighted by atomic mass is 10.2. The van der Waals surface area contributed by atoms with Gasteiger partial charge in [-0.05, 0) is 29.7 Å². The predicted octanol–water partition coefficient (Wildman–Crippen LogP) is 1.18. The number of aryl methyl sites for hydroxylation is 2. The summed E-state index contributed by atoms with van der Waals surface area (Å²) in [4.78, 5) is 12.9. The van der Waals surface area contributed by atoms with Crippen molar-refractivity contribution in [2.24, 2.45) is 0 Å². The van der Waals surface area contributed by atoms with Gasteiger partial charge in [0, 0.05) is 6.20 Å². The van der Waals surface area contributed by atoms with Gasteiger partial charge >= 0.3 is 0 Å². The molecular formula is C9H7N5O. The summed E-state index contributed by atoms with van der Waals surface area (Å²) in [5, 5.41) is 7.31. The second kappa shape index (κ2) is 2.69. The SMILES string of the molecule is Cc1cnc(C)c2nc3nonc3nc12. The smallest absolute Gasteiger partial charge is 0.244 e. The Hall–Kier alpha value is -2.11. The fourth-order valence-corrected chi connectivity index (χ4v) is 1.48. The van der Waals surface area contributed by atoms with Gasteiger partial charge in [-0.2, -0.15) is 0 Å². The highest BCUT2D eigenvalue weighted by atomic mass is 16.6. The highest BCUT2D eigenvalue weighted by Gasteiger charge is 2.10. The minimum absolute atomic E-state index is 0.415. The summed E-state index contributed by atoms with van der Waals surface area (Å²) in [6.07, 6.45) is 1.77.